The highest BCUT2D eigenvalue weighted by molar-refractivity contribution is 7.13. The number of methoxy groups -OCH3 is 2. The summed E-state index contributed by atoms with van der Waals surface area (Å²) in [5.74, 6) is -0.227. The molecule has 0 unspecified atom stereocenters. The minimum absolute atomic E-state index is 0.0566. The molecular formula is C41H53N5O8S. The number of aryl methyl sites for hydroxylation is 1. The number of benzene rings is 1. The number of pyridine rings is 1. The molecular weight excluding hydrogens is 723 g/mol. The number of esters is 1. The van der Waals surface area contributed by atoms with Crippen molar-refractivity contribution in [3.05, 3.63) is 47.0 Å². The van der Waals surface area contributed by atoms with Gasteiger partial charge in [-0.3, -0.25) is 9.59 Å². The molecule has 3 aliphatic rings. The second kappa shape index (κ2) is 16.2. The molecule has 5 atom stereocenters. The second-order valence-electron chi connectivity index (χ2n) is 16.0. The second-order valence-corrected chi connectivity index (χ2v) is 16.9. The minimum Gasteiger partial charge on any atom is -0.496 e. The topological polar surface area (TPSA) is 158 Å². The zero-order valence-corrected chi connectivity index (χ0v) is 33.8. The molecule has 13 nitrogen and oxygen atoms in total. The van der Waals surface area contributed by atoms with Crippen LogP contribution < -0.4 is 20.1 Å². The third-order valence-corrected chi connectivity index (χ3v) is 11.4. The first-order valence-corrected chi connectivity index (χ1v) is 20.0. The van der Waals surface area contributed by atoms with E-state index in [0.717, 1.165) is 40.9 Å². The van der Waals surface area contributed by atoms with Crippen molar-refractivity contribution >= 4 is 46.1 Å². The first-order chi connectivity index (χ1) is 26.1. The van der Waals surface area contributed by atoms with Crippen LogP contribution in [0.4, 0.5) is 4.79 Å². The van der Waals surface area contributed by atoms with E-state index >= 15 is 0 Å². The van der Waals surface area contributed by atoms with E-state index in [1.54, 1.807) is 27.9 Å². The molecule has 296 valence electrons. The highest BCUT2D eigenvalue weighted by atomic mass is 32.1. The Labute approximate surface area is 326 Å². The van der Waals surface area contributed by atoms with Crippen LogP contribution in [0.5, 0.6) is 11.5 Å². The lowest BCUT2D eigenvalue weighted by Crippen LogP contribution is -2.56. The van der Waals surface area contributed by atoms with Crippen molar-refractivity contribution in [1.29, 1.82) is 0 Å². The van der Waals surface area contributed by atoms with Crippen molar-refractivity contribution in [2.75, 3.05) is 20.8 Å². The molecule has 1 aliphatic carbocycles. The van der Waals surface area contributed by atoms with Gasteiger partial charge in [0.25, 0.3) is 0 Å². The Kier molecular flexibility index (Phi) is 11.7. The Bertz CT molecular complexity index is 1970. The molecule has 3 amide bonds. The van der Waals surface area contributed by atoms with Crippen LogP contribution in [0.2, 0.25) is 0 Å². The van der Waals surface area contributed by atoms with E-state index in [4.69, 9.17) is 28.9 Å². The van der Waals surface area contributed by atoms with Crippen LogP contribution >= 0.6 is 11.3 Å². The van der Waals surface area contributed by atoms with Gasteiger partial charge in [0, 0.05) is 34.7 Å². The molecule has 55 heavy (non-hydrogen) atoms. The number of rotatable bonds is 7. The summed E-state index contributed by atoms with van der Waals surface area (Å²) in [7, 11) is 2.92. The van der Waals surface area contributed by atoms with Gasteiger partial charge in [-0.15, -0.1) is 11.3 Å². The summed E-state index contributed by atoms with van der Waals surface area (Å²) in [5.41, 5.74) is 1.11. The van der Waals surface area contributed by atoms with Gasteiger partial charge in [-0.1, -0.05) is 38.8 Å². The van der Waals surface area contributed by atoms with Crippen molar-refractivity contribution in [3.8, 4) is 22.2 Å². The number of amides is 3. The highest BCUT2D eigenvalue weighted by Crippen LogP contribution is 2.46. The summed E-state index contributed by atoms with van der Waals surface area (Å²) < 4.78 is 23.1. The van der Waals surface area contributed by atoms with Crippen LogP contribution in [0.15, 0.2) is 35.7 Å². The van der Waals surface area contributed by atoms with Crippen LogP contribution in [-0.4, -0.2) is 88.8 Å². The Morgan fingerprint density at radius 2 is 1.87 bits per heavy atom. The quantitative estimate of drug-likeness (QED) is 0.198. The molecule has 3 aromatic rings. The number of alkyl carbamates (subject to hydrolysis) is 1. The summed E-state index contributed by atoms with van der Waals surface area (Å²) in [6.07, 6.45) is 6.70. The number of aromatic nitrogens is 2. The van der Waals surface area contributed by atoms with Gasteiger partial charge in [-0.25, -0.2) is 19.6 Å². The standard InChI is InChI=1S/C41H53N5O8S/c1-23(2)30-22-55-36(43-30)29-19-33(27-16-17-32(51-7)24(3)34(27)42-29)53-26-18-31-35(47)45-41(38(49)52-8)20-25(41)14-12-10-9-11-13-15-28(37(48)46(31)21-26)44-39(50)54-40(4,5)6/h12,14,16-17,19,22-23,25-26,28,31H,9-11,13,15,18,20-21H2,1-8H3,(H,44,50)(H,45,47)/b14-12-/t25-,26-,28+,31+,41-/m1/s1. The van der Waals surface area contributed by atoms with Crippen LogP contribution in [0, 0.1) is 12.8 Å². The SMILES string of the molecule is COC(=O)[C@@]12C[C@H]1/C=C\CCCCC[C@H](NC(=O)OC(C)(C)C)C(=O)N1C[C@H](Oc3cc(-c4nc(C(C)C)cs4)nc4c(C)c(OC)ccc34)C[C@H]1C(=O)N2. The van der Waals surface area contributed by atoms with Crippen molar-refractivity contribution < 1.29 is 38.1 Å². The average molecular weight is 776 g/mol. The van der Waals surface area contributed by atoms with Gasteiger partial charge in [0.2, 0.25) is 11.8 Å². The predicted octanol–water partition coefficient (Wildman–Crippen LogP) is 6.61. The van der Waals surface area contributed by atoms with Gasteiger partial charge in [-0.05, 0) is 71.4 Å². The van der Waals surface area contributed by atoms with Crippen LogP contribution in [-0.2, 0) is 23.9 Å². The number of thiazole rings is 1. The van der Waals surface area contributed by atoms with Gasteiger partial charge < -0.3 is 34.5 Å². The Balaban J connectivity index is 1.37. The first kappa shape index (κ1) is 40.0. The van der Waals surface area contributed by atoms with Crippen molar-refractivity contribution in [3.63, 3.8) is 0 Å². The predicted molar refractivity (Wildman–Crippen MR) is 209 cm³/mol. The summed E-state index contributed by atoms with van der Waals surface area (Å²) in [4.78, 5) is 66.5. The lowest BCUT2D eigenvalue weighted by atomic mass is 10.0. The largest absolute Gasteiger partial charge is 0.496 e. The lowest BCUT2D eigenvalue weighted by molar-refractivity contribution is -0.148. The number of hydrogen-bond donors (Lipinski definition) is 2. The maximum atomic E-state index is 14.6. The van der Waals surface area contributed by atoms with E-state index < -0.39 is 53.2 Å². The first-order valence-electron chi connectivity index (χ1n) is 19.1. The number of nitrogens with zero attached hydrogens (tertiary/aromatic N) is 3. The molecule has 1 saturated heterocycles. The number of hydrogen-bond acceptors (Lipinski definition) is 11. The fourth-order valence-electron chi connectivity index (χ4n) is 7.42. The van der Waals surface area contributed by atoms with Gasteiger partial charge in [0.05, 0.1) is 32.0 Å². The smallest absolute Gasteiger partial charge is 0.408 e. The molecule has 2 N–H and O–H groups in total. The van der Waals surface area contributed by atoms with Gasteiger partial charge in [0.15, 0.2) is 0 Å². The molecule has 1 saturated carbocycles. The fraction of sp³-hybridized carbons (Fsp3) is 0.561. The molecule has 0 bridgehead atoms. The molecule has 0 radical (unpaired) electrons. The number of allylic oxidation sites excluding steroid dienone is 1. The minimum atomic E-state index is -1.22. The molecule has 6 rings (SSSR count). The van der Waals surface area contributed by atoms with E-state index in [0.29, 0.717) is 42.0 Å². The van der Waals surface area contributed by atoms with E-state index in [-0.39, 0.29) is 24.8 Å². The molecule has 0 spiro atoms. The number of ether oxygens (including phenoxy) is 4. The number of carbonyl (C=O) groups is 4. The van der Waals surface area contributed by atoms with Crippen LogP contribution in [0.1, 0.15) is 96.7 Å². The van der Waals surface area contributed by atoms with Gasteiger partial charge in [0.1, 0.15) is 51.5 Å². The zero-order valence-electron chi connectivity index (χ0n) is 33.0. The number of fused-ring (bicyclic) bond motifs is 3. The van der Waals surface area contributed by atoms with E-state index in [1.807, 2.05) is 42.7 Å². The van der Waals surface area contributed by atoms with Gasteiger partial charge in [-0.2, -0.15) is 0 Å². The Morgan fingerprint density at radius 1 is 1.09 bits per heavy atom. The summed E-state index contributed by atoms with van der Waals surface area (Å²) in [5, 5.41) is 9.29. The maximum absolute atomic E-state index is 14.6. The molecule has 4 heterocycles. The molecule has 2 aliphatic heterocycles. The van der Waals surface area contributed by atoms with Crippen molar-refractivity contribution in [1.82, 2.24) is 25.5 Å². The molecule has 1 aromatic carbocycles. The molecule has 14 heteroatoms. The summed E-state index contributed by atoms with van der Waals surface area (Å²) in [6, 6.07) is 3.66. The summed E-state index contributed by atoms with van der Waals surface area (Å²) in [6.45, 7) is 11.4. The third kappa shape index (κ3) is 8.74. The van der Waals surface area contributed by atoms with Crippen molar-refractivity contribution in [2.45, 2.75) is 122 Å². The Morgan fingerprint density at radius 3 is 2.56 bits per heavy atom. The third-order valence-electron chi connectivity index (χ3n) is 10.5. The number of carbonyl (C=O) groups excluding carboxylic acids is 4. The molecule has 2 aromatic heterocycles. The monoisotopic (exact) mass is 775 g/mol. The van der Waals surface area contributed by atoms with Crippen LogP contribution in [0.25, 0.3) is 21.6 Å². The molecule has 2 fully saturated rings. The van der Waals surface area contributed by atoms with E-state index in [9.17, 15) is 19.2 Å². The van der Waals surface area contributed by atoms with Crippen molar-refractivity contribution in [2.24, 2.45) is 5.92 Å². The average Bonchev–Trinajstić information content (AvgIpc) is 3.42. The maximum Gasteiger partial charge on any atom is 0.408 e. The van der Waals surface area contributed by atoms with E-state index in [2.05, 4.69) is 24.5 Å². The number of nitrogens with one attached hydrogen (secondary N) is 2. The van der Waals surface area contributed by atoms with E-state index in [1.165, 1.54) is 23.3 Å². The van der Waals surface area contributed by atoms with Gasteiger partial charge >= 0.3 is 12.1 Å². The fourth-order valence-corrected chi connectivity index (χ4v) is 8.36. The van der Waals surface area contributed by atoms with Crippen LogP contribution in [0.3, 0.4) is 0 Å². The Hall–Kier alpha value is -4.72. The summed E-state index contributed by atoms with van der Waals surface area (Å²) >= 11 is 1.50. The zero-order chi connectivity index (χ0) is 39.7. The highest BCUT2D eigenvalue weighted by Gasteiger charge is 2.62. The normalized spacial score (nSPS) is 25.2. The lowest BCUT2D eigenvalue weighted by Gasteiger charge is -2.30.